The Morgan fingerprint density at radius 3 is 2.28 bits per heavy atom. The van der Waals surface area contributed by atoms with Gasteiger partial charge >= 0.3 is 10.3 Å². The van der Waals surface area contributed by atoms with Gasteiger partial charge in [-0.15, -0.1) is 0 Å². The van der Waals surface area contributed by atoms with E-state index in [1.54, 1.807) is 18.2 Å². The standard InChI is InChI=1S/C10H13Cl2NO4S/c1-6(13-18(15,16)17-2)10(14)9-7(11)4-3-5-8(9)12/h3-6,10,13-14H,1-2H3/t6-,10+/m1/s1. The van der Waals surface area contributed by atoms with Crippen LogP contribution in [0.1, 0.15) is 18.6 Å². The van der Waals surface area contributed by atoms with E-state index in [1.807, 2.05) is 0 Å². The normalized spacial score (nSPS) is 15.4. The lowest BCUT2D eigenvalue weighted by Crippen LogP contribution is -2.37. The molecule has 8 heteroatoms. The van der Waals surface area contributed by atoms with Crippen LogP contribution in [0.5, 0.6) is 0 Å². The molecule has 0 spiro atoms. The Morgan fingerprint density at radius 2 is 1.83 bits per heavy atom. The fourth-order valence-corrected chi connectivity index (χ4v) is 2.68. The van der Waals surface area contributed by atoms with E-state index in [4.69, 9.17) is 23.2 Å². The predicted octanol–water partition coefficient (Wildman–Crippen LogP) is 1.90. The summed E-state index contributed by atoms with van der Waals surface area (Å²) in [5.74, 6) is 0. The largest absolute Gasteiger partial charge is 0.387 e. The third-order valence-electron chi connectivity index (χ3n) is 2.32. The first-order valence-corrected chi connectivity index (χ1v) is 7.14. The molecule has 0 fully saturated rings. The molecule has 1 aromatic carbocycles. The van der Waals surface area contributed by atoms with Crippen molar-refractivity contribution in [3.05, 3.63) is 33.8 Å². The molecule has 0 amide bonds. The van der Waals surface area contributed by atoms with Crippen molar-refractivity contribution < 1.29 is 17.7 Å². The second-order valence-electron chi connectivity index (χ2n) is 3.61. The zero-order valence-electron chi connectivity index (χ0n) is 9.72. The smallest absolute Gasteiger partial charge is 0.335 e. The van der Waals surface area contributed by atoms with E-state index in [9.17, 15) is 13.5 Å². The number of rotatable bonds is 5. The molecule has 0 saturated heterocycles. The summed E-state index contributed by atoms with van der Waals surface area (Å²) in [7, 11) is -2.88. The molecule has 1 rings (SSSR count). The van der Waals surface area contributed by atoms with Gasteiger partial charge in [0.25, 0.3) is 0 Å². The minimum absolute atomic E-state index is 0.262. The quantitative estimate of drug-likeness (QED) is 0.870. The highest BCUT2D eigenvalue weighted by molar-refractivity contribution is 7.84. The van der Waals surface area contributed by atoms with Crippen molar-refractivity contribution in [1.29, 1.82) is 0 Å². The number of nitrogens with one attached hydrogen (secondary N) is 1. The lowest BCUT2D eigenvalue weighted by molar-refractivity contribution is 0.144. The molecule has 0 aliphatic carbocycles. The highest BCUT2D eigenvalue weighted by atomic mass is 35.5. The van der Waals surface area contributed by atoms with E-state index >= 15 is 0 Å². The van der Waals surface area contributed by atoms with Crippen molar-refractivity contribution in [3.63, 3.8) is 0 Å². The second kappa shape index (κ2) is 6.18. The maximum absolute atomic E-state index is 11.2. The molecule has 0 bridgehead atoms. The fraction of sp³-hybridized carbons (Fsp3) is 0.400. The average Bonchev–Trinajstić information content (AvgIpc) is 2.28. The molecule has 0 radical (unpaired) electrons. The van der Waals surface area contributed by atoms with Crippen LogP contribution in [0.2, 0.25) is 10.0 Å². The van der Waals surface area contributed by atoms with Gasteiger partial charge in [-0.05, 0) is 19.1 Å². The van der Waals surface area contributed by atoms with Gasteiger partial charge in [0.15, 0.2) is 0 Å². The van der Waals surface area contributed by atoms with Gasteiger partial charge in [0, 0.05) is 15.6 Å². The van der Waals surface area contributed by atoms with Crippen LogP contribution in [-0.2, 0) is 14.5 Å². The van der Waals surface area contributed by atoms with Crippen LogP contribution >= 0.6 is 23.2 Å². The second-order valence-corrected chi connectivity index (χ2v) is 5.90. The lowest BCUT2D eigenvalue weighted by Gasteiger charge is -2.21. The van der Waals surface area contributed by atoms with E-state index in [0.717, 1.165) is 7.11 Å². The molecule has 1 aromatic rings. The molecule has 5 nitrogen and oxygen atoms in total. The zero-order valence-corrected chi connectivity index (χ0v) is 12.1. The molecule has 0 aliphatic rings. The molecule has 18 heavy (non-hydrogen) atoms. The summed E-state index contributed by atoms with van der Waals surface area (Å²) in [6.07, 6.45) is -1.18. The van der Waals surface area contributed by atoms with Gasteiger partial charge < -0.3 is 5.11 Å². The lowest BCUT2D eigenvalue weighted by atomic mass is 10.0. The van der Waals surface area contributed by atoms with Gasteiger partial charge in [-0.25, -0.2) is 0 Å². The van der Waals surface area contributed by atoms with Crippen LogP contribution in [0.25, 0.3) is 0 Å². The van der Waals surface area contributed by atoms with Crippen molar-refractivity contribution in [3.8, 4) is 0 Å². The van der Waals surface area contributed by atoms with Crippen LogP contribution in [0.15, 0.2) is 18.2 Å². The molecule has 0 aliphatic heterocycles. The van der Waals surface area contributed by atoms with Gasteiger partial charge in [-0.1, -0.05) is 29.3 Å². The summed E-state index contributed by atoms with van der Waals surface area (Å²) in [6, 6.07) is 3.91. The maximum Gasteiger partial charge on any atom is 0.335 e. The number of aliphatic hydroxyl groups is 1. The number of hydrogen-bond acceptors (Lipinski definition) is 4. The van der Waals surface area contributed by atoms with Crippen molar-refractivity contribution in [2.75, 3.05) is 7.11 Å². The first-order valence-electron chi connectivity index (χ1n) is 4.98. The summed E-state index contributed by atoms with van der Waals surface area (Å²) in [6.45, 7) is 1.47. The van der Waals surface area contributed by atoms with Crippen molar-refractivity contribution in [2.24, 2.45) is 0 Å². The number of halogens is 2. The van der Waals surface area contributed by atoms with E-state index in [-0.39, 0.29) is 15.6 Å². The van der Waals surface area contributed by atoms with Crippen LogP contribution in [0.4, 0.5) is 0 Å². The Kier molecular flexibility index (Phi) is 5.39. The van der Waals surface area contributed by atoms with Gasteiger partial charge in [0.05, 0.1) is 19.3 Å². The van der Waals surface area contributed by atoms with E-state index in [1.165, 1.54) is 6.92 Å². The van der Waals surface area contributed by atoms with Gasteiger partial charge in [-0.3, -0.25) is 4.18 Å². The topological polar surface area (TPSA) is 75.6 Å². The summed E-state index contributed by atoms with van der Waals surface area (Å²) in [5, 5.41) is 10.6. The minimum Gasteiger partial charge on any atom is -0.387 e. The molecule has 2 atom stereocenters. The highest BCUT2D eigenvalue weighted by Crippen LogP contribution is 2.31. The third-order valence-corrected chi connectivity index (χ3v) is 4.08. The van der Waals surface area contributed by atoms with Gasteiger partial charge in [0.2, 0.25) is 0 Å². The van der Waals surface area contributed by atoms with E-state index < -0.39 is 22.4 Å². The molecule has 2 N–H and O–H groups in total. The van der Waals surface area contributed by atoms with E-state index in [2.05, 4.69) is 8.91 Å². The Morgan fingerprint density at radius 1 is 1.33 bits per heavy atom. The molecule has 0 aromatic heterocycles. The fourth-order valence-electron chi connectivity index (χ4n) is 1.38. The molecular weight excluding hydrogens is 301 g/mol. The Balaban J connectivity index is 2.97. The Hall–Kier alpha value is -0.370. The number of benzene rings is 1. The minimum atomic E-state index is -3.89. The molecule has 0 unspecified atom stereocenters. The Bertz CT molecular complexity index is 500. The third kappa shape index (κ3) is 3.81. The van der Waals surface area contributed by atoms with Gasteiger partial charge in [0.1, 0.15) is 0 Å². The summed E-state index contributed by atoms with van der Waals surface area (Å²) in [5.41, 5.74) is 0.270. The summed E-state index contributed by atoms with van der Waals surface area (Å²) >= 11 is 11.8. The van der Waals surface area contributed by atoms with Crippen LogP contribution in [0.3, 0.4) is 0 Å². The van der Waals surface area contributed by atoms with Gasteiger partial charge in [-0.2, -0.15) is 13.1 Å². The summed E-state index contributed by atoms with van der Waals surface area (Å²) in [4.78, 5) is 0. The van der Waals surface area contributed by atoms with Crippen LogP contribution in [0, 0.1) is 0 Å². The molecular formula is C10H13Cl2NO4S. The van der Waals surface area contributed by atoms with Crippen LogP contribution in [-0.4, -0.2) is 26.7 Å². The maximum atomic E-state index is 11.2. The van der Waals surface area contributed by atoms with Crippen molar-refractivity contribution in [2.45, 2.75) is 19.1 Å². The van der Waals surface area contributed by atoms with Crippen molar-refractivity contribution in [1.82, 2.24) is 4.72 Å². The highest BCUT2D eigenvalue weighted by Gasteiger charge is 2.25. The summed E-state index contributed by atoms with van der Waals surface area (Å²) < 4.78 is 28.8. The Labute approximate surface area is 116 Å². The SMILES string of the molecule is COS(=O)(=O)N[C@H](C)[C@H](O)c1c(Cl)cccc1Cl. The number of hydrogen-bond donors (Lipinski definition) is 2. The first kappa shape index (κ1) is 15.7. The zero-order chi connectivity index (χ0) is 13.9. The van der Waals surface area contributed by atoms with Crippen molar-refractivity contribution >= 4 is 33.5 Å². The average molecular weight is 314 g/mol. The monoisotopic (exact) mass is 313 g/mol. The van der Waals surface area contributed by atoms with Crippen LogP contribution < -0.4 is 4.72 Å². The predicted molar refractivity (Wildman–Crippen MR) is 69.9 cm³/mol. The van der Waals surface area contributed by atoms with E-state index in [0.29, 0.717) is 0 Å². The molecule has 0 saturated carbocycles. The molecule has 102 valence electrons. The molecule has 0 heterocycles. The number of aliphatic hydroxyl groups excluding tert-OH is 1. The first-order chi connectivity index (χ1) is 8.28.